The summed E-state index contributed by atoms with van der Waals surface area (Å²) in [5.74, 6) is 0.144. The van der Waals surface area contributed by atoms with Crippen LogP contribution >= 0.6 is 0 Å². The maximum atomic E-state index is 12.9. The average Bonchev–Trinajstić information content (AvgIpc) is 2.50. The molecule has 0 spiro atoms. The van der Waals surface area contributed by atoms with E-state index >= 15 is 0 Å². The molecule has 0 atom stereocenters. The van der Waals surface area contributed by atoms with Crippen LogP contribution in [0.2, 0.25) is 0 Å². The van der Waals surface area contributed by atoms with Gasteiger partial charge in [-0.15, -0.1) is 0 Å². The Morgan fingerprint density at radius 1 is 1.16 bits per heavy atom. The summed E-state index contributed by atoms with van der Waals surface area (Å²) < 4.78 is 53.2. The topological polar surface area (TPSA) is 74.8 Å². The third kappa shape index (κ3) is 4.17. The Bertz CT molecular complexity index is 809. The number of hydrogen-bond donors (Lipinski definition) is 0. The molecule has 1 aromatic carbocycles. The van der Waals surface area contributed by atoms with Gasteiger partial charge in [-0.3, -0.25) is 4.31 Å². The van der Waals surface area contributed by atoms with Gasteiger partial charge in [-0.25, -0.2) is 21.1 Å². The molecule has 0 aliphatic carbocycles. The summed E-state index contributed by atoms with van der Waals surface area (Å²) in [7, 11) is -5.31. The summed E-state index contributed by atoms with van der Waals surface area (Å²) in [6, 6.07) is 3.35. The smallest absolute Gasteiger partial charge is 0.243 e. The van der Waals surface area contributed by atoms with Crippen molar-refractivity contribution in [2.24, 2.45) is 0 Å². The molecule has 1 fully saturated rings. The number of nitrogens with zero attached hydrogens (tertiary/aromatic N) is 2. The molecular formula is C17H28N2O4S2. The van der Waals surface area contributed by atoms with Crippen LogP contribution in [0.15, 0.2) is 17.0 Å². The van der Waals surface area contributed by atoms with Crippen molar-refractivity contribution in [3.63, 3.8) is 0 Å². The number of unbranched alkanes of at least 4 members (excludes halogenated alkanes) is 1. The number of anilines is 1. The molecule has 1 aliphatic heterocycles. The zero-order chi connectivity index (χ0) is 18.8. The Kier molecular flexibility index (Phi) is 6.17. The van der Waals surface area contributed by atoms with Gasteiger partial charge in [0.1, 0.15) is 0 Å². The van der Waals surface area contributed by atoms with Crippen LogP contribution in [0.5, 0.6) is 0 Å². The molecule has 0 unspecified atom stereocenters. The number of rotatable bonds is 6. The van der Waals surface area contributed by atoms with E-state index < -0.39 is 20.0 Å². The molecular weight excluding hydrogens is 360 g/mol. The highest BCUT2D eigenvalue weighted by Gasteiger charge is 2.29. The second-order valence-corrected chi connectivity index (χ2v) is 10.7. The molecule has 0 saturated carbocycles. The highest BCUT2D eigenvalue weighted by atomic mass is 32.2. The molecule has 0 radical (unpaired) electrons. The van der Waals surface area contributed by atoms with E-state index in [2.05, 4.69) is 0 Å². The molecule has 1 saturated heterocycles. The predicted molar refractivity (Wildman–Crippen MR) is 101 cm³/mol. The SMILES string of the molecule is CCCCN(C)S(=O)(=O)c1c(C)cc(N2CCCCS2(=O)=O)cc1C. The normalized spacial score (nSPS) is 17.9. The van der Waals surface area contributed by atoms with Crippen LogP contribution in [-0.2, 0) is 20.0 Å². The van der Waals surface area contributed by atoms with Crippen molar-refractivity contribution < 1.29 is 16.8 Å². The van der Waals surface area contributed by atoms with Crippen LogP contribution in [0, 0.1) is 13.8 Å². The first-order chi connectivity index (χ1) is 11.6. The molecule has 0 aromatic heterocycles. The quantitative estimate of drug-likeness (QED) is 0.751. The van der Waals surface area contributed by atoms with Gasteiger partial charge in [0, 0.05) is 20.1 Å². The first kappa shape index (κ1) is 20.2. The number of aryl methyl sites for hydroxylation is 2. The van der Waals surface area contributed by atoms with Crippen molar-refractivity contribution >= 4 is 25.7 Å². The first-order valence-corrected chi connectivity index (χ1v) is 11.7. The van der Waals surface area contributed by atoms with Crippen molar-refractivity contribution in [1.29, 1.82) is 0 Å². The Balaban J connectivity index is 2.44. The van der Waals surface area contributed by atoms with Gasteiger partial charge < -0.3 is 0 Å². The Morgan fingerprint density at radius 3 is 2.28 bits per heavy atom. The number of hydrogen-bond acceptors (Lipinski definition) is 4. The van der Waals surface area contributed by atoms with Crippen molar-refractivity contribution in [2.45, 2.75) is 51.3 Å². The highest BCUT2D eigenvalue weighted by Crippen LogP contribution is 2.31. The lowest BCUT2D eigenvalue weighted by atomic mass is 10.1. The van der Waals surface area contributed by atoms with Gasteiger partial charge in [0.2, 0.25) is 20.0 Å². The van der Waals surface area contributed by atoms with E-state index in [-0.39, 0.29) is 10.6 Å². The summed E-state index contributed by atoms with van der Waals surface area (Å²) in [4.78, 5) is 0.282. The zero-order valence-electron chi connectivity index (χ0n) is 15.4. The standard InChI is InChI=1S/C17H28N2O4S2/c1-5-6-9-18(4)25(22,23)17-14(2)12-16(13-15(17)3)19-10-7-8-11-24(19,20)21/h12-13H,5-11H2,1-4H3. The van der Waals surface area contributed by atoms with Crippen molar-refractivity contribution in [3.05, 3.63) is 23.3 Å². The monoisotopic (exact) mass is 388 g/mol. The molecule has 6 nitrogen and oxygen atoms in total. The van der Waals surface area contributed by atoms with Gasteiger partial charge in [-0.1, -0.05) is 13.3 Å². The minimum absolute atomic E-state index is 0.144. The van der Waals surface area contributed by atoms with Crippen LogP contribution in [0.3, 0.4) is 0 Å². The summed E-state index contributed by atoms with van der Waals surface area (Å²) >= 11 is 0. The molecule has 25 heavy (non-hydrogen) atoms. The minimum Gasteiger partial charge on any atom is -0.270 e. The molecule has 1 aromatic rings. The van der Waals surface area contributed by atoms with Gasteiger partial charge >= 0.3 is 0 Å². The fourth-order valence-corrected chi connectivity index (χ4v) is 6.45. The lowest BCUT2D eigenvalue weighted by Crippen LogP contribution is -2.38. The Labute approximate surface area is 151 Å². The van der Waals surface area contributed by atoms with Crippen molar-refractivity contribution in [2.75, 3.05) is 30.2 Å². The van der Waals surface area contributed by atoms with Crippen LogP contribution in [0.25, 0.3) is 0 Å². The van der Waals surface area contributed by atoms with E-state index in [1.165, 1.54) is 8.61 Å². The third-order valence-electron chi connectivity index (χ3n) is 4.58. The second-order valence-electron chi connectivity index (χ2n) is 6.68. The fourth-order valence-electron chi connectivity index (χ4n) is 3.21. The largest absolute Gasteiger partial charge is 0.270 e. The van der Waals surface area contributed by atoms with Crippen LogP contribution in [0.1, 0.15) is 43.7 Å². The summed E-state index contributed by atoms with van der Waals surface area (Å²) in [5.41, 5.74) is 1.73. The number of benzene rings is 1. The van der Waals surface area contributed by atoms with E-state index in [4.69, 9.17) is 0 Å². The maximum absolute atomic E-state index is 12.9. The Hall–Kier alpha value is -1.12. The molecule has 0 N–H and O–H groups in total. The Morgan fingerprint density at radius 2 is 1.76 bits per heavy atom. The van der Waals surface area contributed by atoms with Crippen LogP contribution in [-0.4, -0.2) is 47.0 Å². The molecule has 0 amide bonds. The van der Waals surface area contributed by atoms with E-state index in [0.717, 1.165) is 19.3 Å². The fraction of sp³-hybridized carbons (Fsp3) is 0.647. The van der Waals surface area contributed by atoms with Crippen LogP contribution in [0.4, 0.5) is 5.69 Å². The van der Waals surface area contributed by atoms with Crippen molar-refractivity contribution in [3.8, 4) is 0 Å². The molecule has 142 valence electrons. The minimum atomic E-state index is -3.58. The highest BCUT2D eigenvalue weighted by molar-refractivity contribution is 7.92. The van der Waals surface area contributed by atoms with E-state index in [1.807, 2.05) is 6.92 Å². The first-order valence-electron chi connectivity index (χ1n) is 8.69. The van der Waals surface area contributed by atoms with Gasteiger partial charge in [-0.2, -0.15) is 0 Å². The number of sulfonamides is 2. The summed E-state index contributed by atoms with van der Waals surface area (Å²) in [6.45, 7) is 6.40. The summed E-state index contributed by atoms with van der Waals surface area (Å²) in [6.07, 6.45) is 3.21. The maximum Gasteiger partial charge on any atom is 0.243 e. The third-order valence-corrected chi connectivity index (χ3v) is 8.61. The lowest BCUT2D eigenvalue weighted by molar-refractivity contribution is 0.458. The molecule has 1 heterocycles. The van der Waals surface area contributed by atoms with E-state index in [1.54, 1.807) is 33.0 Å². The molecule has 0 bridgehead atoms. The van der Waals surface area contributed by atoms with Gasteiger partial charge in [0.15, 0.2) is 0 Å². The van der Waals surface area contributed by atoms with E-state index in [0.29, 0.717) is 36.3 Å². The molecule has 1 aliphatic rings. The molecule has 8 heteroatoms. The zero-order valence-corrected chi connectivity index (χ0v) is 17.1. The predicted octanol–water partition coefficient (Wildman–Crippen LogP) is 2.65. The summed E-state index contributed by atoms with van der Waals surface area (Å²) in [5, 5.41) is 0. The molecule has 2 rings (SSSR count). The van der Waals surface area contributed by atoms with E-state index in [9.17, 15) is 16.8 Å². The van der Waals surface area contributed by atoms with Gasteiger partial charge in [0.05, 0.1) is 16.3 Å². The average molecular weight is 389 g/mol. The van der Waals surface area contributed by atoms with Crippen LogP contribution < -0.4 is 4.31 Å². The van der Waals surface area contributed by atoms with Gasteiger partial charge in [0.25, 0.3) is 0 Å². The lowest BCUT2D eigenvalue weighted by Gasteiger charge is -2.29. The van der Waals surface area contributed by atoms with Gasteiger partial charge in [-0.05, 0) is 56.4 Å². The second kappa shape index (κ2) is 7.63. The van der Waals surface area contributed by atoms with Crippen molar-refractivity contribution in [1.82, 2.24) is 4.31 Å².